The van der Waals surface area contributed by atoms with E-state index >= 15 is 0 Å². The molecule has 0 bridgehead atoms. The smallest absolute Gasteiger partial charge is 0.359 e. The summed E-state index contributed by atoms with van der Waals surface area (Å²) in [5.74, 6) is 0. The van der Waals surface area contributed by atoms with Crippen LogP contribution in [0.4, 0.5) is 26.3 Å². The first-order chi connectivity index (χ1) is 13.3. The van der Waals surface area contributed by atoms with Crippen molar-refractivity contribution in [3.8, 4) is 0 Å². The van der Waals surface area contributed by atoms with Gasteiger partial charge in [0.25, 0.3) is 0 Å². The largest absolute Gasteiger partial charge is 0.416 e. The number of ether oxygens (including phenoxy) is 1. The molecule has 2 rings (SSSR count). The molecule has 2 aromatic rings. The van der Waals surface area contributed by atoms with Gasteiger partial charge in [0.2, 0.25) is 0 Å². The monoisotopic (exact) mass is 419 g/mol. The summed E-state index contributed by atoms with van der Waals surface area (Å²) in [6, 6.07) is 11.1. The summed E-state index contributed by atoms with van der Waals surface area (Å²) in [5, 5.41) is 2.92. The Bertz CT molecular complexity index is 767. The van der Waals surface area contributed by atoms with Crippen molar-refractivity contribution in [2.45, 2.75) is 50.9 Å². The Kier molecular flexibility index (Phi) is 7.01. The summed E-state index contributed by atoms with van der Waals surface area (Å²) in [4.78, 5) is 0. The van der Waals surface area contributed by atoms with Crippen molar-refractivity contribution in [3.63, 3.8) is 0 Å². The number of alkyl halides is 6. The van der Waals surface area contributed by atoms with Crippen LogP contribution in [0.3, 0.4) is 0 Å². The summed E-state index contributed by atoms with van der Waals surface area (Å²) in [6.45, 7) is 3.59. The fourth-order valence-corrected chi connectivity index (χ4v) is 3.01. The van der Waals surface area contributed by atoms with Crippen LogP contribution in [-0.2, 0) is 29.1 Å². The number of benzene rings is 2. The first-order valence-electron chi connectivity index (χ1n) is 8.96. The van der Waals surface area contributed by atoms with Crippen molar-refractivity contribution in [2.24, 2.45) is 0 Å². The molecule has 2 aromatic carbocycles. The molecule has 160 valence electrons. The summed E-state index contributed by atoms with van der Waals surface area (Å²) in [5.41, 5.74) is -2.17. The maximum absolute atomic E-state index is 13.0. The van der Waals surface area contributed by atoms with Crippen molar-refractivity contribution in [3.05, 3.63) is 70.8 Å². The van der Waals surface area contributed by atoms with Gasteiger partial charge in [-0.2, -0.15) is 26.3 Å². The topological polar surface area (TPSA) is 21.3 Å². The summed E-state index contributed by atoms with van der Waals surface area (Å²) >= 11 is 0. The van der Waals surface area contributed by atoms with Crippen LogP contribution in [0.2, 0.25) is 0 Å². The van der Waals surface area contributed by atoms with Crippen molar-refractivity contribution in [1.29, 1.82) is 0 Å². The maximum Gasteiger partial charge on any atom is 0.416 e. The predicted octanol–water partition coefficient (Wildman–Crippen LogP) is 6.15. The minimum absolute atomic E-state index is 0.109. The molecule has 0 heterocycles. The Morgan fingerprint density at radius 2 is 1.34 bits per heavy atom. The Hall–Kier alpha value is -2.06. The first-order valence-corrected chi connectivity index (χ1v) is 8.96. The van der Waals surface area contributed by atoms with E-state index in [1.165, 1.54) is 0 Å². The molecule has 2 nitrogen and oxygen atoms in total. The highest BCUT2D eigenvalue weighted by molar-refractivity contribution is 5.33. The third-order valence-electron chi connectivity index (χ3n) is 4.67. The van der Waals surface area contributed by atoms with Gasteiger partial charge in [-0.15, -0.1) is 0 Å². The molecular formula is C21H23F6NO. The van der Waals surface area contributed by atoms with Gasteiger partial charge in [0, 0.05) is 0 Å². The van der Waals surface area contributed by atoms with Gasteiger partial charge >= 0.3 is 12.4 Å². The number of halogens is 6. The molecule has 8 heteroatoms. The standard InChI is InChI=1S/C21H23F6NO/c1-19(2,15-7-5-4-6-8-15)12-18(28-3)29-13-14-9-16(20(22,23)24)11-17(10-14)21(25,26)27/h4-11,18,28H,12-13H2,1-3H3. The molecule has 0 spiro atoms. The van der Waals surface area contributed by atoms with E-state index in [4.69, 9.17) is 4.74 Å². The number of rotatable bonds is 7. The predicted molar refractivity (Wildman–Crippen MR) is 98.2 cm³/mol. The Labute approximate surface area is 165 Å². The van der Waals surface area contributed by atoms with E-state index in [0.29, 0.717) is 18.6 Å². The van der Waals surface area contributed by atoms with Crippen LogP contribution in [0.15, 0.2) is 48.5 Å². The zero-order valence-corrected chi connectivity index (χ0v) is 16.3. The lowest BCUT2D eigenvalue weighted by Crippen LogP contribution is -2.35. The van der Waals surface area contributed by atoms with Crippen molar-refractivity contribution in [1.82, 2.24) is 5.32 Å². The van der Waals surface area contributed by atoms with Crippen LogP contribution in [0, 0.1) is 0 Å². The van der Waals surface area contributed by atoms with Crippen molar-refractivity contribution < 1.29 is 31.1 Å². The lowest BCUT2D eigenvalue weighted by atomic mass is 9.81. The van der Waals surface area contributed by atoms with Crippen molar-refractivity contribution >= 4 is 0 Å². The fraction of sp³-hybridized carbons (Fsp3) is 0.429. The lowest BCUT2D eigenvalue weighted by molar-refractivity contribution is -0.143. The van der Waals surface area contributed by atoms with Gasteiger partial charge in [0.05, 0.1) is 17.7 Å². The molecule has 0 fully saturated rings. The average Bonchev–Trinajstić information content (AvgIpc) is 2.64. The molecule has 0 aliphatic rings. The van der Waals surface area contributed by atoms with Crippen molar-refractivity contribution in [2.75, 3.05) is 7.05 Å². The van der Waals surface area contributed by atoms with E-state index < -0.39 is 29.7 Å². The number of hydrogen-bond acceptors (Lipinski definition) is 2. The van der Waals surface area contributed by atoms with Gasteiger partial charge in [-0.25, -0.2) is 0 Å². The minimum atomic E-state index is -4.88. The van der Waals surface area contributed by atoms with E-state index in [-0.39, 0.29) is 23.7 Å². The van der Waals surface area contributed by atoms with Gasteiger partial charge in [-0.1, -0.05) is 44.2 Å². The first kappa shape index (κ1) is 23.2. The highest BCUT2D eigenvalue weighted by atomic mass is 19.4. The fourth-order valence-electron chi connectivity index (χ4n) is 3.01. The second kappa shape index (κ2) is 8.75. The molecule has 0 amide bonds. The van der Waals surface area contributed by atoms with Crippen LogP contribution in [0.25, 0.3) is 0 Å². The SMILES string of the molecule is CNC(CC(C)(C)c1ccccc1)OCc1cc(C(F)(F)F)cc(C(F)(F)F)c1. The van der Waals surface area contributed by atoms with E-state index in [0.717, 1.165) is 5.56 Å². The molecule has 1 unspecified atom stereocenters. The molecular weight excluding hydrogens is 396 g/mol. The molecule has 0 aliphatic carbocycles. The molecule has 0 saturated heterocycles. The van der Waals surface area contributed by atoms with Crippen LogP contribution >= 0.6 is 0 Å². The minimum Gasteiger partial charge on any atom is -0.359 e. The maximum atomic E-state index is 13.0. The molecule has 1 N–H and O–H groups in total. The van der Waals surface area contributed by atoms with Crippen LogP contribution in [0.5, 0.6) is 0 Å². The number of nitrogens with one attached hydrogen (secondary N) is 1. The van der Waals surface area contributed by atoms with E-state index in [1.807, 2.05) is 44.2 Å². The second-order valence-electron chi connectivity index (χ2n) is 7.46. The van der Waals surface area contributed by atoms with Gasteiger partial charge in [-0.3, -0.25) is 5.32 Å². The van der Waals surface area contributed by atoms with Gasteiger partial charge in [0.1, 0.15) is 6.23 Å². The summed E-state index contributed by atoms with van der Waals surface area (Å²) < 4.78 is 83.6. The van der Waals surface area contributed by atoms with E-state index in [9.17, 15) is 26.3 Å². The molecule has 1 atom stereocenters. The average molecular weight is 419 g/mol. The second-order valence-corrected chi connectivity index (χ2v) is 7.46. The Morgan fingerprint density at radius 3 is 1.79 bits per heavy atom. The quantitative estimate of drug-likeness (QED) is 0.429. The van der Waals surface area contributed by atoms with Gasteiger partial charge < -0.3 is 4.74 Å². The molecule has 0 aromatic heterocycles. The van der Waals surface area contributed by atoms with Gasteiger partial charge in [-0.05, 0) is 48.2 Å². The Balaban J connectivity index is 2.18. The zero-order valence-electron chi connectivity index (χ0n) is 16.3. The highest BCUT2D eigenvalue weighted by Gasteiger charge is 2.37. The summed E-state index contributed by atoms with van der Waals surface area (Å²) in [6.07, 6.45) is -9.85. The van der Waals surface area contributed by atoms with E-state index in [1.54, 1.807) is 7.05 Å². The summed E-state index contributed by atoms with van der Waals surface area (Å²) in [7, 11) is 1.62. The third-order valence-corrected chi connectivity index (χ3v) is 4.67. The van der Waals surface area contributed by atoms with Crippen LogP contribution < -0.4 is 5.32 Å². The highest BCUT2D eigenvalue weighted by Crippen LogP contribution is 2.36. The molecule has 0 saturated carbocycles. The molecule has 29 heavy (non-hydrogen) atoms. The third kappa shape index (κ3) is 6.47. The molecule has 0 aliphatic heterocycles. The van der Waals surface area contributed by atoms with Crippen LogP contribution in [-0.4, -0.2) is 13.3 Å². The zero-order chi connectivity index (χ0) is 21.9. The Morgan fingerprint density at radius 1 is 0.828 bits per heavy atom. The van der Waals surface area contributed by atoms with E-state index in [2.05, 4.69) is 5.32 Å². The normalized spacial score (nSPS) is 14.1. The van der Waals surface area contributed by atoms with Crippen LogP contribution in [0.1, 0.15) is 42.5 Å². The lowest BCUT2D eigenvalue weighted by Gasteiger charge is -2.30. The van der Waals surface area contributed by atoms with Gasteiger partial charge in [0.15, 0.2) is 0 Å². The molecule has 0 radical (unpaired) electrons. The number of hydrogen-bond donors (Lipinski definition) is 1.